The molecule has 0 bridgehead atoms. The van der Waals surface area contributed by atoms with Gasteiger partial charge in [0.05, 0.1) is 41.2 Å². The van der Waals surface area contributed by atoms with E-state index in [0.717, 1.165) is 43.5 Å². The highest BCUT2D eigenvalue weighted by Gasteiger charge is 2.61. The minimum atomic E-state index is -1.35. The second-order valence-corrected chi connectivity index (χ2v) is 12.3. The molecule has 0 spiro atoms. The lowest BCUT2D eigenvalue weighted by molar-refractivity contribution is -0.0814. The highest BCUT2D eigenvalue weighted by molar-refractivity contribution is 9.10. The Kier molecular flexibility index (Phi) is 7.06. The van der Waals surface area contributed by atoms with Crippen molar-refractivity contribution in [2.24, 2.45) is 5.92 Å². The third kappa shape index (κ3) is 4.71. The van der Waals surface area contributed by atoms with Crippen molar-refractivity contribution in [3.8, 4) is 5.75 Å². The summed E-state index contributed by atoms with van der Waals surface area (Å²) in [5.74, 6) is 1.33. The van der Waals surface area contributed by atoms with Gasteiger partial charge in [-0.3, -0.25) is 0 Å². The zero-order valence-corrected chi connectivity index (χ0v) is 25.1. The number of hydrogen-bond donors (Lipinski definition) is 3. The van der Waals surface area contributed by atoms with Crippen LogP contribution in [0.4, 0.5) is 5.82 Å². The molecule has 2 aliphatic rings. The second-order valence-electron chi connectivity index (χ2n) is 11.1. The van der Waals surface area contributed by atoms with Gasteiger partial charge in [0, 0.05) is 24.0 Å². The van der Waals surface area contributed by atoms with E-state index >= 15 is 0 Å². The smallest absolute Gasteiger partial charge is 0.145 e. The number of benzene rings is 2. The van der Waals surface area contributed by atoms with E-state index in [-0.39, 0.29) is 24.7 Å². The molecule has 7 rings (SSSR count). The van der Waals surface area contributed by atoms with Gasteiger partial charge >= 0.3 is 0 Å². The highest BCUT2D eigenvalue weighted by atomic mass is 79.9. The van der Waals surface area contributed by atoms with Crippen LogP contribution in [-0.2, 0) is 17.7 Å². The fourth-order valence-corrected chi connectivity index (χ4v) is 7.11. The zero-order chi connectivity index (χ0) is 29.0. The van der Waals surface area contributed by atoms with Crippen molar-refractivity contribution in [3.63, 3.8) is 0 Å². The van der Waals surface area contributed by atoms with Gasteiger partial charge in [-0.2, -0.15) is 0 Å². The minimum absolute atomic E-state index is 0.0765. The molecule has 42 heavy (non-hydrogen) atoms. The molecular formula is C31H29BrClN5O4. The van der Waals surface area contributed by atoms with Gasteiger partial charge in [-0.25, -0.2) is 15.0 Å². The number of nitrogens with zero attached hydrogens (tertiary/aromatic N) is 4. The maximum absolute atomic E-state index is 11.6. The summed E-state index contributed by atoms with van der Waals surface area (Å²) in [4.78, 5) is 13.3. The van der Waals surface area contributed by atoms with E-state index in [9.17, 15) is 10.2 Å². The van der Waals surface area contributed by atoms with Crippen LogP contribution in [-0.4, -0.2) is 61.3 Å². The minimum Gasteiger partial charge on any atom is -0.497 e. The molecule has 1 saturated heterocycles. The summed E-state index contributed by atoms with van der Waals surface area (Å²) in [6.45, 7) is 0.697. The Balaban J connectivity index is 1.10. The first kappa shape index (κ1) is 27.5. The lowest BCUT2D eigenvalue weighted by atomic mass is 9.86. The lowest BCUT2D eigenvalue weighted by Gasteiger charge is -2.27. The fourth-order valence-electron chi connectivity index (χ4n) is 6.44. The van der Waals surface area contributed by atoms with Gasteiger partial charge in [0.2, 0.25) is 0 Å². The first-order valence-corrected chi connectivity index (χ1v) is 15.0. The van der Waals surface area contributed by atoms with E-state index in [4.69, 9.17) is 26.1 Å². The molecule has 5 unspecified atom stereocenters. The Morgan fingerprint density at radius 3 is 2.76 bits per heavy atom. The van der Waals surface area contributed by atoms with Crippen LogP contribution < -0.4 is 10.1 Å². The zero-order valence-electron chi connectivity index (χ0n) is 22.7. The molecule has 2 fully saturated rings. The standard InChI is InChI=1S/C31H29BrClN5O4/c1-41-20-6-3-17(4-7-20)14-34-29-23(32)12-19-5-2-18(10-24(19)37-29)11-26-22-13-25(27(39)31(22,40)15-42-26)38-9-8-21-28(33)35-16-36-30(21)38/h2-10,12,16,22,25-27,39-40H,11,13-15H2,1H3,(H,34,37). The number of hydrogen-bond acceptors (Lipinski definition) is 8. The molecule has 216 valence electrons. The molecule has 5 aromatic rings. The van der Waals surface area contributed by atoms with Gasteiger partial charge in [0.25, 0.3) is 0 Å². The maximum Gasteiger partial charge on any atom is 0.145 e. The number of nitrogens with one attached hydrogen (secondary N) is 1. The molecule has 3 N–H and O–H groups in total. The number of aliphatic hydroxyl groups is 2. The van der Waals surface area contributed by atoms with Crippen LogP contribution >= 0.6 is 27.5 Å². The number of pyridine rings is 1. The van der Waals surface area contributed by atoms with Gasteiger partial charge in [-0.05, 0) is 70.2 Å². The summed E-state index contributed by atoms with van der Waals surface area (Å²) in [6, 6.07) is 17.7. The van der Waals surface area contributed by atoms with Crippen LogP contribution in [0.25, 0.3) is 21.9 Å². The summed E-state index contributed by atoms with van der Waals surface area (Å²) in [5, 5.41) is 28.4. The van der Waals surface area contributed by atoms with E-state index in [2.05, 4.69) is 55.5 Å². The largest absolute Gasteiger partial charge is 0.497 e. The van der Waals surface area contributed by atoms with Crippen molar-refractivity contribution < 1.29 is 19.7 Å². The Labute approximate surface area is 255 Å². The Bertz CT molecular complexity index is 1780. The molecular weight excluding hydrogens is 622 g/mol. The lowest BCUT2D eigenvalue weighted by Crippen LogP contribution is -2.45. The normalized spacial score (nSPS) is 25.3. The summed E-state index contributed by atoms with van der Waals surface area (Å²) < 4.78 is 14.1. The fraction of sp³-hybridized carbons (Fsp3) is 0.323. The van der Waals surface area contributed by atoms with Crippen LogP contribution in [0, 0.1) is 5.92 Å². The number of anilines is 1. The number of rotatable bonds is 7. The quantitative estimate of drug-likeness (QED) is 0.203. The Morgan fingerprint density at radius 2 is 1.95 bits per heavy atom. The molecule has 1 aliphatic heterocycles. The average Bonchev–Trinajstić information content (AvgIpc) is 3.64. The van der Waals surface area contributed by atoms with Crippen molar-refractivity contribution in [2.75, 3.05) is 19.0 Å². The van der Waals surface area contributed by atoms with Crippen LogP contribution in [0.3, 0.4) is 0 Å². The molecule has 4 heterocycles. The predicted molar refractivity (Wildman–Crippen MR) is 164 cm³/mol. The topological polar surface area (TPSA) is 115 Å². The van der Waals surface area contributed by atoms with Crippen LogP contribution in [0.2, 0.25) is 5.15 Å². The van der Waals surface area contributed by atoms with E-state index in [0.29, 0.717) is 30.2 Å². The summed E-state index contributed by atoms with van der Waals surface area (Å²) >= 11 is 9.91. The number of aliphatic hydroxyl groups excluding tert-OH is 1. The highest BCUT2D eigenvalue weighted by Crippen LogP contribution is 2.50. The van der Waals surface area contributed by atoms with Gasteiger partial charge < -0.3 is 29.6 Å². The summed E-state index contributed by atoms with van der Waals surface area (Å²) in [5.41, 5.74) is 2.33. The predicted octanol–water partition coefficient (Wildman–Crippen LogP) is 5.31. The Hall–Kier alpha value is -3.28. The second kappa shape index (κ2) is 10.8. The van der Waals surface area contributed by atoms with Gasteiger partial charge in [-0.15, -0.1) is 0 Å². The Morgan fingerprint density at radius 1 is 1.14 bits per heavy atom. The van der Waals surface area contributed by atoms with Crippen molar-refractivity contribution in [3.05, 3.63) is 87.9 Å². The van der Waals surface area contributed by atoms with E-state index in [1.165, 1.54) is 6.33 Å². The third-order valence-corrected chi connectivity index (χ3v) is 9.61. The summed E-state index contributed by atoms with van der Waals surface area (Å²) in [7, 11) is 1.66. The number of aromatic nitrogens is 4. The van der Waals surface area contributed by atoms with Crippen molar-refractivity contribution in [2.45, 2.75) is 43.2 Å². The molecule has 1 saturated carbocycles. The molecule has 9 nitrogen and oxygen atoms in total. The van der Waals surface area contributed by atoms with Crippen LogP contribution in [0.15, 0.2) is 71.6 Å². The van der Waals surface area contributed by atoms with Gasteiger partial charge in [0.15, 0.2) is 0 Å². The number of methoxy groups -OCH3 is 1. The van der Waals surface area contributed by atoms with Crippen molar-refractivity contribution in [1.29, 1.82) is 0 Å². The number of fused-ring (bicyclic) bond motifs is 3. The average molecular weight is 651 g/mol. The van der Waals surface area contributed by atoms with Crippen molar-refractivity contribution >= 4 is 55.3 Å². The molecule has 2 aromatic carbocycles. The molecule has 11 heteroatoms. The summed E-state index contributed by atoms with van der Waals surface area (Å²) in [6.07, 6.45) is 3.14. The first-order chi connectivity index (χ1) is 20.3. The monoisotopic (exact) mass is 649 g/mol. The molecule has 5 atom stereocenters. The van der Waals surface area contributed by atoms with Crippen LogP contribution in [0.5, 0.6) is 5.75 Å². The van der Waals surface area contributed by atoms with Gasteiger partial charge in [0.1, 0.15) is 40.4 Å². The van der Waals surface area contributed by atoms with Crippen molar-refractivity contribution in [1.82, 2.24) is 19.5 Å². The molecule has 1 aliphatic carbocycles. The molecule has 0 amide bonds. The SMILES string of the molecule is COc1ccc(CNc2nc3cc(CC4OCC5(O)C(O)C(n6ccc7c(Cl)ncnc76)CC45)ccc3cc2Br)cc1. The first-order valence-electron chi connectivity index (χ1n) is 13.8. The molecule has 3 aromatic heterocycles. The van der Waals surface area contributed by atoms with Gasteiger partial charge in [-0.1, -0.05) is 35.9 Å². The number of halogens is 2. The van der Waals surface area contributed by atoms with E-state index in [1.807, 2.05) is 41.1 Å². The van der Waals surface area contributed by atoms with E-state index in [1.54, 1.807) is 7.11 Å². The number of ether oxygens (including phenoxy) is 2. The third-order valence-electron chi connectivity index (χ3n) is 8.70. The van der Waals surface area contributed by atoms with Crippen LogP contribution in [0.1, 0.15) is 23.6 Å². The van der Waals surface area contributed by atoms with E-state index < -0.39 is 11.7 Å². The molecule has 0 radical (unpaired) electrons. The maximum atomic E-state index is 11.6.